The normalized spacial score (nSPS) is 17.5. The lowest BCUT2D eigenvalue weighted by Crippen LogP contribution is -2.40. The third kappa shape index (κ3) is 5.04. The van der Waals surface area contributed by atoms with E-state index in [1.165, 1.54) is 6.33 Å². The molecule has 1 unspecified atom stereocenters. The molecule has 13 heteroatoms. The Morgan fingerprint density at radius 2 is 1.82 bits per heavy atom. The van der Waals surface area contributed by atoms with Crippen LogP contribution in [0.4, 0.5) is 19.0 Å². The first-order chi connectivity index (χ1) is 21.2. The largest absolute Gasteiger partial charge is 0.480 e. The van der Waals surface area contributed by atoms with Gasteiger partial charge >= 0.3 is 6.18 Å². The van der Waals surface area contributed by atoms with Crippen molar-refractivity contribution >= 4 is 16.9 Å². The van der Waals surface area contributed by atoms with Gasteiger partial charge in [0.2, 0.25) is 5.88 Å². The van der Waals surface area contributed by atoms with Crippen LogP contribution in [0.5, 0.6) is 5.88 Å². The molecule has 2 fully saturated rings. The molecule has 1 saturated heterocycles. The number of hydrogen-bond acceptors (Lipinski definition) is 9. The van der Waals surface area contributed by atoms with E-state index >= 15 is 0 Å². The van der Waals surface area contributed by atoms with Gasteiger partial charge in [-0.3, -0.25) is 0 Å². The van der Waals surface area contributed by atoms with Gasteiger partial charge in [-0.25, -0.2) is 24.9 Å². The number of fused-ring (bicyclic) bond motifs is 1. The van der Waals surface area contributed by atoms with Gasteiger partial charge in [0, 0.05) is 36.3 Å². The summed E-state index contributed by atoms with van der Waals surface area (Å²) in [4.78, 5) is 24.8. The van der Waals surface area contributed by atoms with Crippen LogP contribution in [-0.4, -0.2) is 56.4 Å². The number of furan rings is 1. The molecule has 228 valence electrons. The van der Waals surface area contributed by atoms with Crippen molar-refractivity contribution in [2.45, 2.75) is 50.9 Å². The van der Waals surface area contributed by atoms with Gasteiger partial charge in [0.05, 0.1) is 38.3 Å². The smallest absolute Gasteiger partial charge is 0.434 e. The Labute approximate surface area is 250 Å². The van der Waals surface area contributed by atoms with Gasteiger partial charge in [-0.2, -0.15) is 13.2 Å². The molecule has 0 spiro atoms. The number of methoxy groups -OCH3 is 1. The van der Waals surface area contributed by atoms with Crippen molar-refractivity contribution in [2.24, 2.45) is 0 Å². The van der Waals surface area contributed by atoms with Crippen LogP contribution in [0.15, 0.2) is 53.5 Å². The van der Waals surface area contributed by atoms with Crippen LogP contribution in [-0.2, 0) is 10.9 Å². The molecule has 10 nitrogen and oxygen atoms in total. The van der Waals surface area contributed by atoms with Crippen molar-refractivity contribution < 1.29 is 27.1 Å². The first-order valence-corrected chi connectivity index (χ1v) is 14.5. The number of halogens is 3. The first-order valence-electron chi connectivity index (χ1n) is 14.5. The fraction of sp³-hybridized carbons (Fsp3) is 0.387. The number of nitrogens with zero attached hydrogens (tertiary/aromatic N) is 7. The Morgan fingerprint density at radius 1 is 1.02 bits per heavy atom. The number of ether oxygens (including phenoxy) is 2. The van der Waals surface area contributed by atoms with Gasteiger partial charge in [-0.15, -0.1) is 0 Å². The second-order valence-corrected chi connectivity index (χ2v) is 11.3. The van der Waals surface area contributed by atoms with Crippen molar-refractivity contribution in [1.29, 1.82) is 0 Å². The Hall–Kier alpha value is -4.52. The second-order valence-electron chi connectivity index (χ2n) is 11.3. The lowest BCUT2D eigenvalue weighted by molar-refractivity contribution is -0.140. The van der Waals surface area contributed by atoms with E-state index in [1.54, 1.807) is 36.1 Å². The molecule has 7 rings (SSSR count). The molecule has 1 aromatic carbocycles. The van der Waals surface area contributed by atoms with E-state index in [1.807, 2.05) is 26.0 Å². The summed E-state index contributed by atoms with van der Waals surface area (Å²) in [6.45, 7) is 5.04. The van der Waals surface area contributed by atoms with Crippen molar-refractivity contribution in [3.8, 4) is 28.7 Å². The van der Waals surface area contributed by atoms with E-state index in [0.29, 0.717) is 65.4 Å². The Kier molecular flexibility index (Phi) is 6.99. The minimum Gasteiger partial charge on any atom is -0.480 e. The molecule has 1 aliphatic carbocycles. The summed E-state index contributed by atoms with van der Waals surface area (Å²) in [5.74, 6) is 2.04. The van der Waals surface area contributed by atoms with Gasteiger partial charge in [0.25, 0.3) is 0 Å². The fourth-order valence-corrected chi connectivity index (χ4v) is 5.69. The summed E-state index contributed by atoms with van der Waals surface area (Å²) in [5, 5.41) is 0. The van der Waals surface area contributed by atoms with Gasteiger partial charge in [0.1, 0.15) is 23.2 Å². The summed E-state index contributed by atoms with van der Waals surface area (Å²) in [7, 11) is 1.57. The molecule has 1 aliphatic heterocycles. The van der Waals surface area contributed by atoms with E-state index in [-0.39, 0.29) is 17.9 Å². The highest BCUT2D eigenvalue weighted by molar-refractivity contribution is 5.87. The maximum atomic E-state index is 13.5. The first kappa shape index (κ1) is 28.3. The van der Waals surface area contributed by atoms with Crippen molar-refractivity contribution in [2.75, 3.05) is 31.8 Å². The SMILES string of the molecule is COc1ncnc(C2CC2)c1-c1nc(N2CCOCC2c2ccc(-c3nc(C(F)(F)F)cn3C(C)C)cc2)c2occc2n1. The molecule has 5 heterocycles. The summed E-state index contributed by atoms with van der Waals surface area (Å²) in [6, 6.07) is 8.74. The standard InChI is InChI=1S/C31H30F3N7O3/c1-17(2)41-14-23(31(32,33)34)38-28(41)20-8-4-18(5-9-20)22-15-43-13-11-40(22)29-26-21(10-12-44-26)37-27(39-29)24-25(19-6-7-19)35-16-36-30(24)42-3/h4-5,8-10,12,14,16-17,19,22H,6-7,11,13,15H2,1-3H3. The zero-order valence-corrected chi connectivity index (χ0v) is 24.4. The van der Waals surface area contributed by atoms with Crippen LogP contribution < -0.4 is 9.64 Å². The Bertz CT molecular complexity index is 1810. The average Bonchev–Trinajstić information content (AvgIpc) is 3.57. The van der Waals surface area contributed by atoms with Crippen LogP contribution in [0.2, 0.25) is 0 Å². The zero-order valence-electron chi connectivity index (χ0n) is 24.4. The van der Waals surface area contributed by atoms with E-state index in [4.69, 9.17) is 23.9 Å². The monoisotopic (exact) mass is 605 g/mol. The van der Waals surface area contributed by atoms with E-state index in [2.05, 4.69) is 19.9 Å². The van der Waals surface area contributed by atoms with Crippen LogP contribution >= 0.6 is 0 Å². The fourth-order valence-electron chi connectivity index (χ4n) is 5.69. The summed E-state index contributed by atoms with van der Waals surface area (Å²) < 4.78 is 59.4. The minimum absolute atomic E-state index is 0.202. The average molecular weight is 606 g/mol. The molecule has 4 aromatic heterocycles. The molecule has 0 radical (unpaired) electrons. The molecule has 0 bridgehead atoms. The molecule has 1 atom stereocenters. The van der Waals surface area contributed by atoms with Crippen LogP contribution in [0.1, 0.15) is 61.6 Å². The number of alkyl halides is 3. The maximum Gasteiger partial charge on any atom is 0.434 e. The van der Waals surface area contributed by atoms with Crippen LogP contribution in [0.3, 0.4) is 0 Å². The summed E-state index contributed by atoms with van der Waals surface area (Å²) in [6.07, 6.45) is 1.69. The van der Waals surface area contributed by atoms with Crippen molar-refractivity contribution in [3.05, 3.63) is 66.1 Å². The highest BCUT2D eigenvalue weighted by atomic mass is 19.4. The predicted octanol–water partition coefficient (Wildman–Crippen LogP) is 6.61. The molecule has 2 aliphatic rings. The number of hydrogen-bond donors (Lipinski definition) is 0. The van der Waals surface area contributed by atoms with Crippen molar-refractivity contribution in [1.82, 2.24) is 29.5 Å². The number of aromatic nitrogens is 6. The highest BCUT2D eigenvalue weighted by Crippen LogP contribution is 2.46. The molecule has 5 aromatic rings. The second kappa shape index (κ2) is 10.9. The number of benzene rings is 1. The molecule has 1 saturated carbocycles. The molecule has 44 heavy (non-hydrogen) atoms. The zero-order chi connectivity index (χ0) is 30.6. The molecular weight excluding hydrogens is 575 g/mol. The number of imidazole rings is 1. The summed E-state index contributed by atoms with van der Waals surface area (Å²) in [5.41, 5.74) is 3.31. The van der Waals surface area contributed by atoms with Gasteiger partial charge in [0.15, 0.2) is 22.9 Å². The lowest BCUT2D eigenvalue weighted by atomic mass is 10.0. The molecular formula is C31H30F3N7O3. The van der Waals surface area contributed by atoms with Gasteiger partial charge in [-0.05, 0) is 32.3 Å². The quantitative estimate of drug-likeness (QED) is 0.203. The molecule has 0 N–H and O–H groups in total. The Balaban J connectivity index is 1.28. The van der Waals surface area contributed by atoms with E-state index in [0.717, 1.165) is 30.3 Å². The Morgan fingerprint density at radius 3 is 2.52 bits per heavy atom. The number of anilines is 1. The topological polar surface area (TPSA) is 104 Å². The van der Waals surface area contributed by atoms with Crippen molar-refractivity contribution in [3.63, 3.8) is 0 Å². The van der Waals surface area contributed by atoms with E-state index < -0.39 is 11.9 Å². The highest BCUT2D eigenvalue weighted by Gasteiger charge is 2.36. The van der Waals surface area contributed by atoms with Crippen LogP contribution in [0, 0.1) is 0 Å². The van der Waals surface area contributed by atoms with Gasteiger partial charge < -0.3 is 23.4 Å². The minimum atomic E-state index is -4.53. The third-order valence-electron chi connectivity index (χ3n) is 8.04. The summed E-state index contributed by atoms with van der Waals surface area (Å²) >= 11 is 0. The number of rotatable bonds is 7. The predicted molar refractivity (Wildman–Crippen MR) is 155 cm³/mol. The van der Waals surface area contributed by atoms with Gasteiger partial charge in [-0.1, -0.05) is 24.3 Å². The number of morpholine rings is 1. The third-order valence-corrected chi connectivity index (χ3v) is 8.04. The maximum absolute atomic E-state index is 13.5. The van der Waals surface area contributed by atoms with E-state index in [9.17, 15) is 13.2 Å². The van der Waals surface area contributed by atoms with Crippen LogP contribution in [0.25, 0.3) is 33.9 Å². The lowest BCUT2D eigenvalue weighted by Gasteiger charge is -2.36. The molecule has 0 amide bonds.